The van der Waals surface area contributed by atoms with Gasteiger partial charge < -0.3 is 0 Å². The summed E-state index contributed by atoms with van der Waals surface area (Å²) in [5.74, 6) is 0. The molecule has 0 N–H and O–H groups in total. The van der Waals surface area contributed by atoms with Crippen molar-refractivity contribution in [1.82, 2.24) is 0 Å². The molecular formula is C8H4ClIS2. The minimum Gasteiger partial charge on any atom is -0.143 e. The van der Waals surface area contributed by atoms with Gasteiger partial charge in [0.05, 0.1) is 9.72 Å². The lowest BCUT2D eigenvalue weighted by Gasteiger charge is -2.00. The third-order valence-electron chi connectivity index (χ3n) is 1.62. The maximum atomic E-state index is 5.98. The molecule has 0 bridgehead atoms. The van der Waals surface area contributed by atoms with Crippen LogP contribution in [0.3, 0.4) is 0 Å². The van der Waals surface area contributed by atoms with Crippen molar-refractivity contribution in [1.29, 1.82) is 0 Å². The highest BCUT2D eigenvalue weighted by molar-refractivity contribution is 14.1. The minimum atomic E-state index is 0.734. The van der Waals surface area contributed by atoms with Gasteiger partial charge in [-0.2, -0.15) is 0 Å². The molecule has 1 heterocycles. The Morgan fingerprint density at radius 1 is 1.50 bits per heavy atom. The second-order valence-corrected chi connectivity index (χ2v) is 5.28. The van der Waals surface area contributed by atoms with E-state index in [1.807, 2.05) is 6.07 Å². The van der Waals surface area contributed by atoms with E-state index in [0.29, 0.717) is 0 Å². The van der Waals surface area contributed by atoms with Crippen LogP contribution in [0.2, 0.25) is 5.02 Å². The summed E-state index contributed by atoms with van der Waals surface area (Å²) in [6.07, 6.45) is 0. The maximum Gasteiger partial charge on any atom is 0.0564 e. The quantitative estimate of drug-likeness (QED) is 0.537. The normalized spacial score (nSPS) is 10.9. The third kappa shape index (κ3) is 1.36. The second kappa shape index (κ2) is 3.36. The van der Waals surface area contributed by atoms with E-state index in [9.17, 15) is 0 Å². The average molecular weight is 327 g/mol. The van der Waals surface area contributed by atoms with Gasteiger partial charge in [-0.25, -0.2) is 0 Å². The summed E-state index contributed by atoms with van der Waals surface area (Å²) in [6.45, 7) is 0. The molecule has 0 aliphatic carbocycles. The highest BCUT2D eigenvalue weighted by Crippen LogP contribution is 2.35. The van der Waals surface area contributed by atoms with Gasteiger partial charge in [0.25, 0.3) is 0 Å². The Labute approximate surface area is 98.5 Å². The van der Waals surface area contributed by atoms with Crippen molar-refractivity contribution in [3.8, 4) is 0 Å². The van der Waals surface area contributed by atoms with Crippen molar-refractivity contribution >= 4 is 68.2 Å². The summed E-state index contributed by atoms with van der Waals surface area (Å²) in [6, 6.07) is 4.04. The molecule has 0 amide bonds. The zero-order valence-electron chi connectivity index (χ0n) is 5.84. The molecule has 0 saturated heterocycles. The molecule has 0 aliphatic rings. The summed E-state index contributed by atoms with van der Waals surface area (Å²) < 4.78 is 2.36. The van der Waals surface area contributed by atoms with Gasteiger partial charge in [-0.3, -0.25) is 0 Å². The fourth-order valence-corrected chi connectivity index (χ4v) is 3.64. The number of rotatable bonds is 0. The molecule has 1 aromatic heterocycles. The van der Waals surface area contributed by atoms with Gasteiger partial charge in [0.1, 0.15) is 0 Å². The van der Waals surface area contributed by atoms with Gasteiger partial charge in [0, 0.05) is 13.9 Å². The second-order valence-electron chi connectivity index (χ2n) is 2.35. The molecule has 0 nitrogen and oxygen atoms in total. The fraction of sp³-hybridized carbons (Fsp3) is 0. The standard InChI is InChI=1S/C8H4ClIS2/c9-5-3-6(10)4-1-2-12-8(4)7(5)11/h1-3,11H. The summed E-state index contributed by atoms with van der Waals surface area (Å²) >= 11 is 14.3. The van der Waals surface area contributed by atoms with E-state index < -0.39 is 0 Å². The first-order valence-electron chi connectivity index (χ1n) is 3.24. The summed E-state index contributed by atoms with van der Waals surface area (Å²) in [5.41, 5.74) is 0. The highest BCUT2D eigenvalue weighted by Gasteiger charge is 2.07. The largest absolute Gasteiger partial charge is 0.143 e. The molecule has 4 heteroatoms. The van der Waals surface area contributed by atoms with E-state index in [0.717, 1.165) is 9.92 Å². The van der Waals surface area contributed by atoms with Crippen LogP contribution in [0.1, 0.15) is 0 Å². The Hall–Kier alpha value is 0.550. The van der Waals surface area contributed by atoms with Crippen molar-refractivity contribution in [3.63, 3.8) is 0 Å². The molecule has 62 valence electrons. The fourth-order valence-electron chi connectivity index (χ4n) is 1.05. The number of thiol groups is 1. The molecule has 1 aromatic carbocycles. The first-order valence-corrected chi connectivity index (χ1v) is 6.02. The van der Waals surface area contributed by atoms with Crippen molar-refractivity contribution < 1.29 is 0 Å². The Balaban J connectivity index is 2.97. The third-order valence-corrected chi connectivity index (χ3v) is 4.49. The Bertz CT molecular complexity index is 436. The van der Waals surface area contributed by atoms with E-state index in [1.165, 1.54) is 13.7 Å². The van der Waals surface area contributed by atoms with E-state index in [4.69, 9.17) is 11.6 Å². The molecule has 0 saturated carbocycles. The number of hydrogen-bond donors (Lipinski definition) is 1. The molecule has 2 rings (SSSR count). The minimum absolute atomic E-state index is 0.734. The van der Waals surface area contributed by atoms with Crippen LogP contribution in [-0.4, -0.2) is 0 Å². The average Bonchev–Trinajstić information content (AvgIpc) is 2.48. The van der Waals surface area contributed by atoms with Crippen molar-refractivity contribution in [2.75, 3.05) is 0 Å². The van der Waals surface area contributed by atoms with E-state index >= 15 is 0 Å². The van der Waals surface area contributed by atoms with E-state index in [1.54, 1.807) is 11.3 Å². The molecule has 12 heavy (non-hydrogen) atoms. The topological polar surface area (TPSA) is 0 Å². The molecule has 0 atom stereocenters. The van der Waals surface area contributed by atoms with Gasteiger partial charge >= 0.3 is 0 Å². The van der Waals surface area contributed by atoms with E-state index in [-0.39, 0.29) is 0 Å². The van der Waals surface area contributed by atoms with Crippen LogP contribution in [0, 0.1) is 3.57 Å². The first-order chi connectivity index (χ1) is 5.70. The predicted octanol–water partition coefficient (Wildman–Crippen LogP) is 4.45. The molecule has 0 fully saturated rings. The van der Waals surface area contributed by atoms with Crippen LogP contribution in [0.5, 0.6) is 0 Å². The van der Waals surface area contributed by atoms with Crippen LogP contribution in [0.4, 0.5) is 0 Å². The van der Waals surface area contributed by atoms with Crippen LogP contribution in [0.15, 0.2) is 22.4 Å². The first kappa shape index (κ1) is 9.12. The summed E-state index contributed by atoms with van der Waals surface area (Å²) in [5, 5.41) is 4.04. The van der Waals surface area contributed by atoms with Gasteiger partial charge in [-0.05, 0) is 40.1 Å². The lowest BCUT2D eigenvalue weighted by molar-refractivity contribution is 1.58. The smallest absolute Gasteiger partial charge is 0.0564 e. The van der Waals surface area contributed by atoms with Crippen LogP contribution in [-0.2, 0) is 0 Å². The van der Waals surface area contributed by atoms with Gasteiger partial charge in [-0.15, -0.1) is 24.0 Å². The van der Waals surface area contributed by atoms with Crippen LogP contribution < -0.4 is 0 Å². The number of benzene rings is 1. The Kier molecular flexibility index (Phi) is 2.56. The maximum absolute atomic E-state index is 5.98. The highest BCUT2D eigenvalue weighted by atomic mass is 127. The van der Waals surface area contributed by atoms with Crippen LogP contribution in [0.25, 0.3) is 10.1 Å². The zero-order valence-corrected chi connectivity index (χ0v) is 10.5. The van der Waals surface area contributed by atoms with Crippen molar-refractivity contribution in [3.05, 3.63) is 26.1 Å². The molecule has 2 aromatic rings. The summed E-state index contributed by atoms with van der Waals surface area (Å²) in [4.78, 5) is 0.891. The van der Waals surface area contributed by atoms with Gasteiger partial charge in [-0.1, -0.05) is 11.6 Å². The number of halogens is 2. The van der Waals surface area contributed by atoms with Crippen LogP contribution >= 0.6 is 58.2 Å². The van der Waals surface area contributed by atoms with Crippen molar-refractivity contribution in [2.24, 2.45) is 0 Å². The molecule has 0 aliphatic heterocycles. The Morgan fingerprint density at radius 3 is 3.00 bits per heavy atom. The molecule has 0 unspecified atom stereocenters. The zero-order chi connectivity index (χ0) is 8.72. The summed E-state index contributed by atoms with van der Waals surface area (Å²) in [7, 11) is 0. The number of hydrogen-bond acceptors (Lipinski definition) is 2. The molecular weight excluding hydrogens is 323 g/mol. The number of fused-ring (bicyclic) bond motifs is 1. The SMILES string of the molecule is Sc1c(Cl)cc(I)c2ccsc12. The molecule has 0 radical (unpaired) electrons. The van der Waals surface area contributed by atoms with E-state index in [2.05, 4.69) is 46.7 Å². The lowest BCUT2D eigenvalue weighted by atomic mass is 10.3. The molecule has 0 spiro atoms. The van der Waals surface area contributed by atoms with Gasteiger partial charge in [0.15, 0.2) is 0 Å². The van der Waals surface area contributed by atoms with Crippen molar-refractivity contribution in [2.45, 2.75) is 4.90 Å². The Morgan fingerprint density at radius 2 is 2.25 bits per heavy atom. The lowest BCUT2D eigenvalue weighted by Crippen LogP contribution is -1.75. The monoisotopic (exact) mass is 326 g/mol. The predicted molar refractivity (Wildman–Crippen MR) is 66.8 cm³/mol. The van der Waals surface area contributed by atoms with Gasteiger partial charge in [0.2, 0.25) is 0 Å². The number of thiophene rings is 1.